The predicted octanol–water partition coefficient (Wildman–Crippen LogP) is 1.69. The fourth-order valence-electron chi connectivity index (χ4n) is 2.34. The van der Waals surface area contributed by atoms with E-state index in [-0.39, 0.29) is 5.78 Å². The smallest absolute Gasteiger partial charge is 0.163 e. The molecule has 2 N–H and O–H groups in total. The van der Waals surface area contributed by atoms with Gasteiger partial charge in [0.15, 0.2) is 5.78 Å². The number of para-hydroxylation sites is 1. The minimum Gasteiger partial charge on any atom is -0.491 e. The lowest BCUT2D eigenvalue weighted by molar-refractivity contribution is 0.101. The Kier molecular flexibility index (Phi) is 4.93. The maximum absolute atomic E-state index is 11.5. The summed E-state index contributed by atoms with van der Waals surface area (Å²) in [6.45, 7) is 5.14. The number of likely N-dealkylation sites (tertiary alicyclic amines) is 1. The van der Waals surface area contributed by atoms with Crippen LogP contribution in [-0.4, -0.2) is 43.0 Å². The van der Waals surface area contributed by atoms with Crippen molar-refractivity contribution in [2.45, 2.75) is 25.8 Å². The number of rotatable bonds is 5. The monoisotopic (exact) mass is 262 g/mol. The lowest BCUT2D eigenvalue weighted by Gasteiger charge is -2.29. The molecule has 0 radical (unpaired) electrons. The van der Waals surface area contributed by atoms with Gasteiger partial charge < -0.3 is 10.5 Å². The summed E-state index contributed by atoms with van der Waals surface area (Å²) in [4.78, 5) is 13.8. The van der Waals surface area contributed by atoms with Crippen LogP contribution in [0.3, 0.4) is 0 Å². The zero-order valence-corrected chi connectivity index (χ0v) is 11.5. The number of ketones is 1. The van der Waals surface area contributed by atoms with E-state index in [4.69, 9.17) is 10.5 Å². The minimum absolute atomic E-state index is 0.0412. The molecule has 4 heteroatoms. The minimum atomic E-state index is 0.0412. The highest BCUT2D eigenvalue weighted by Gasteiger charge is 2.15. The molecule has 1 aliphatic heterocycles. The number of carbonyl (C=O) groups is 1. The first kappa shape index (κ1) is 14.0. The Bertz CT molecular complexity index is 426. The highest BCUT2D eigenvalue weighted by Crippen LogP contribution is 2.18. The molecule has 0 amide bonds. The zero-order chi connectivity index (χ0) is 13.7. The van der Waals surface area contributed by atoms with Gasteiger partial charge in [0.05, 0.1) is 5.56 Å². The molecule has 0 bridgehead atoms. The average molecular weight is 262 g/mol. The van der Waals surface area contributed by atoms with Crippen molar-refractivity contribution in [2.24, 2.45) is 5.73 Å². The zero-order valence-electron chi connectivity index (χ0n) is 11.5. The van der Waals surface area contributed by atoms with E-state index < -0.39 is 0 Å². The quantitative estimate of drug-likeness (QED) is 0.820. The Morgan fingerprint density at radius 2 is 2.05 bits per heavy atom. The van der Waals surface area contributed by atoms with Gasteiger partial charge in [0.1, 0.15) is 12.4 Å². The third kappa shape index (κ3) is 4.04. The summed E-state index contributed by atoms with van der Waals surface area (Å²) < 4.78 is 5.73. The fourth-order valence-corrected chi connectivity index (χ4v) is 2.34. The van der Waals surface area contributed by atoms with Crippen molar-refractivity contribution in [1.82, 2.24) is 4.90 Å². The van der Waals surface area contributed by atoms with Gasteiger partial charge >= 0.3 is 0 Å². The first-order valence-electron chi connectivity index (χ1n) is 6.87. The van der Waals surface area contributed by atoms with Gasteiger partial charge in [-0.2, -0.15) is 0 Å². The van der Waals surface area contributed by atoms with Crippen LogP contribution >= 0.6 is 0 Å². The SMILES string of the molecule is CC(=O)c1ccccc1OCCN1CCC(N)CC1. The van der Waals surface area contributed by atoms with Gasteiger partial charge in [-0.3, -0.25) is 9.69 Å². The molecule has 0 aliphatic carbocycles. The van der Waals surface area contributed by atoms with Gasteiger partial charge in [-0.05, 0) is 45.0 Å². The second-order valence-corrected chi connectivity index (χ2v) is 5.08. The Balaban J connectivity index is 1.81. The van der Waals surface area contributed by atoms with Crippen molar-refractivity contribution in [1.29, 1.82) is 0 Å². The molecule has 0 atom stereocenters. The van der Waals surface area contributed by atoms with Crippen LogP contribution in [0.15, 0.2) is 24.3 Å². The molecule has 0 spiro atoms. The summed E-state index contributed by atoms with van der Waals surface area (Å²) in [5.41, 5.74) is 6.53. The van der Waals surface area contributed by atoms with Gasteiger partial charge in [-0.1, -0.05) is 12.1 Å². The Hall–Kier alpha value is -1.39. The first-order chi connectivity index (χ1) is 9.16. The van der Waals surface area contributed by atoms with E-state index in [2.05, 4.69) is 4.90 Å². The highest BCUT2D eigenvalue weighted by atomic mass is 16.5. The van der Waals surface area contributed by atoms with E-state index in [9.17, 15) is 4.79 Å². The van der Waals surface area contributed by atoms with Crippen molar-refractivity contribution in [3.8, 4) is 5.75 Å². The van der Waals surface area contributed by atoms with Crippen LogP contribution in [0.25, 0.3) is 0 Å². The molecule has 1 heterocycles. The topological polar surface area (TPSA) is 55.6 Å². The fraction of sp³-hybridized carbons (Fsp3) is 0.533. The summed E-state index contributed by atoms with van der Waals surface area (Å²) >= 11 is 0. The van der Waals surface area contributed by atoms with E-state index in [1.54, 1.807) is 13.0 Å². The number of benzene rings is 1. The number of nitrogens with two attached hydrogens (primary N) is 1. The van der Waals surface area contributed by atoms with Crippen molar-refractivity contribution >= 4 is 5.78 Å². The molecular weight excluding hydrogens is 240 g/mol. The summed E-state index contributed by atoms with van der Waals surface area (Å²) in [5.74, 6) is 0.725. The number of hydrogen-bond acceptors (Lipinski definition) is 4. The van der Waals surface area contributed by atoms with Crippen molar-refractivity contribution in [3.05, 3.63) is 29.8 Å². The molecule has 1 aromatic rings. The molecule has 104 valence electrons. The predicted molar refractivity (Wildman–Crippen MR) is 75.6 cm³/mol. The number of nitrogens with zero attached hydrogens (tertiary/aromatic N) is 1. The lowest BCUT2D eigenvalue weighted by Crippen LogP contribution is -2.41. The van der Waals surface area contributed by atoms with Gasteiger partial charge in [0, 0.05) is 12.6 Å². The van der Waals surface area contributed by atoms with Crippen molar-refractivity contribution < 1.29 is 9.53 Å². The number of carbonyl (C=O) groups excluding carboxylic acids is 1. The molecule has 0 unspecified atom stereocenters. The maximum atomic E-state index is 11.5. The average Bonchev–Trinajstić information content (AvgIpc) is 2.41. The van der Waals surface area contributed by atoms with Crippen LogP contribution < -0.4 is 10.5 Å². The molecule has 0 saturated carbocycles. The summed E-state index contributed by atoms with van der Waals surface area (Å²) in [7, 11) is 0. The molecule has 1 saturated heterocycles. The maximum Gasteiger partial charge on any atom is 0.163 e. The van der Waals surface area contributed by atoms with Crippen LogP contribution in [0.2, 0.25) is 0 Å². The van der Waals surface area contributed by atoms with E-state index in [1.807, 2.05) is 18.2 Å². The lowest BCUT2D eigenvalue weighted by atomic mass is 10.1. The Morgan fingerprint density at radius 1 is 1.37 bits per heavy atom. The summed E-state index contributed by atoms with van der Waals surface area (Å²) in [6, 6.07) is 7.76. The van der Waals surface area contributed by atoms with Crippen LogP contribution in [0.1, 0.15) is 30.1 Å². The molecule has 19 heavy (non-hydrogen) atoms. The number of Topliss-reactive ketones (excluding diaryl/α,β-unsaturated/α-hetero) is 1. The van der Waals surface area contributed by atoms with Crippen molar-refractivity contribution in [2.75, 3.05) is 26.2 Å². The Morgan fingerprint density at radius 3 is 2.74 bits per heavy atom. The first-order valence-corrected chi connectivity index (χ1v) is 6.87. The highest BCUT2D eigenvalue weighted by molar-refractivity contribution is 5.96. The molecule has 0 aromatic heterocycles. The third-order valence-electron chi connectivity index (χ3n) is 3.56. The van der Waals surface area contributed by atoms with Gasteiger partial charge in [-0.25, -0.2) is 0 Å². The van der Waals surface area contributed by atoms with Crippen LogP contribution in [0.4, 0.5) is 0 Å². The third-order valence-corrected chi connectivity index (χ3v) is 3.56. The van der Waals surface area contributed by atoms with Crippen molar-refractivity contribution in [3.63, 3.8) is 0 Å². The van der Waals surface area contributed by atoms with Crippen LogP contribution in [-0.2, 0) is 0 Å². The molecule has 1 aliphatic rings. The standard InChI is InChI=1S/C15H22N2O2/c1-12(18)14-4-2-3-5-15(14)19-11-10-17-8-6-13(16)7-9-17/h2-5,13H,6-11,16H2,1H3. The van der Waals surface area contributed by atoms with E-state index >= 15 is 0 Å². The molecule has 1 aromatic carbocycles. The number of hydrogen-bond donors (Lipinski definition) is 1. The summed E-state index contributed by atoms with van der Waals surface area (Å²) in [6.07, 6.45) is 2.12. The van der Waals surface area contributed by atoms with E-state index in [0.29, 0.717) is 24.0 Å². The molecule has 1 fully saturated rings. The number of ether oxygens (including phenoxy) is 1. The largest absolute Gasteiger partial charge is 0.491 e. The normalized spacial score (nSPS) is 17.4. The van der Waals surface area contributed by atoms with E-state index in [1.165, 1.54) is 0 Å². The van der Waals surface area contributed by atoms with Gasteiger partial charge in [0.25, 0.3) is 0 Å². The molecular formula is C15H22N2O2. The second-order valence-electron chi connectivity index (χ2n) is 5.08. The number of piperidine rings is 1. The molecule has 4 nitrogen and oxygen atoms in total. The van der Waals surface area contributed by atoms with Crippen LogP contribution in [0.5, 0.6) is 5.75 Å². The Labute approximate surface area is 114 Å². The van der Waals surface area contributed by atoms with Crippen LogP contribution in [0, 0.1) is 0 Å². The van der Waals surface area contributed by atoms with E-state index in [0.717, 1.165) is 32.5 Å². The molecule has 2 rings (SSSR count). The van der Waals surface area contributed by atoms with Gasteiger partial charge in [0.2, 0.25) is 0 Å². The van der Waals surface area contributed by atoms with Gasteiger partial charge in [-0.15, -0.1) is 0 Å². The summed E-state index contributed by atoms with van der Waals surface area (Å²) in [5, 5.41) is 0. The second kappa shape index (κ2) is 6.68.